The van der Waals surface area contributed by atoms with Crippen molar-refractivity contribution in [3.8, 4) is 17.5 Å². The average Bonchev–Trinajstić information content (AvgIpc) is 3.32. The molecule has 1 fully saturated rings. The number of furan rings is 1. The van der Waals surface area contributed by atoms with Gasteiger partial charge in [-0.3, -0.25) is 4.79 Å². The summed E-state index contributed by atoms with van der Waals surface area (Å²) in [7, 11) is 0. The van der Waals surface area contributed by atoms with Crippen LogP contribution < -0.4 is 15.8 Å². The van der Waals surface area contributed by atoms with Crippen molar-refractivity contribution in [1.82, 2.24) is 14.9 Å². The first-order chi connectivity index (χ1) is 17.0. The molecule has 0 aliphatic carbocycles. The highest BCUT2D eigenvalue weighted by atomic mass is 16.5. The van der Waals surface area contributed by atoms with Gasteiger partial charge in [-0.25, -0.2) is 20.8 Å². The minimum absolute atomic E-state index is 0.117. The number of nitrogens with two attached hydrogens (primary N) is 1. The maximum absolute atomic E-state index is 12.1. The number of nitrogens with zero attached hydrogens (tertiary/aromatic N) is 6. The van der Waals surface area contributed by atoms with E-state index in [0.717, 1.165) is 54.6 Å². The number of aryl methyl sites for hydroxylation is 1. The number of anilines is 3. The van der Waals surface area contributed by atoms with E-state index in [4.69, 9.17) is 25.2 Å². The monoisotopic (exact) mass is 473 g/mol. The molecule has 0 spiro atoms. The first kappa shape index (κ1) is 22.8. The second-order valence-electron chi connectivity index (χ2n) is 8.65. The van der Waals surface area contributed by atoms with Gasteiger partial charge in [0.2, 0.25) is 11.9 Å². The fraction of sp³-hybridized carbons (Fsp3) is 0.360. The van der Waals surface area contributed by atoms with Crippen molar-refractivity contribution in [2.45, 2.75) is 26.3 Å². The molecule has 5 rings (SSSR count). The first-order valence-electron chi connectivity index (χ1n) is 11.6. The van der Waals surface area contributed by atoms with Crippen LogP contribution >= 0.6 is 0 Å². The van der Waals surface area contributed by atoms with E-state index < -0.39 is 0 Å². The minimum atomic E-state index is -0.167. The lowest BCUT2D eigenvalue weighted by atomic mass is 10.1. The lowest BCUT2D eigenvalue weighted by molar-refractivity contribution is -0.131. The van der Waals surface area contributed by atoms with E-state index in [1.165, 1.54) is 5.01 Å². The average molecular weight is 474 g/mol. The summed E-state index contributed by atoms with van der Waals surface area (Å²) in [6.45, 7) is 6.08. The minimum Gasteiger partial charge on any atom is -0.459 e. The molecule has 3 aromatic rings. The zero-order valence-electron chi connectivity index (χ0n) is 19.6. The summed E-state index contributed by atoms with van der Waals surface area (Å²) < 4.78 is 11.5. The number of amides is 1. The molecule has 0 radical (unpaired) electrons. The van der Waals surface area contributed by atoms with Crippen LogP contribution in [-0.4, -0.2) is 53.6 Å². The summed E-state index contributed by atoms with van der Waals surface area (Å²) in [4.78, 5) is 25.2. The van der Waals surface area contributed by atoms with Gasteiger partial charge >= 0.3 is 0 Å². The molecular formula is C25H27N7O3. The van der Waals surface area contributed by atoms with E-state index in [-0.39, 0.29) is 12.3 Å². The number of morpholine rings is 1. The third-order valence-electron chi connectivity index (χ3n) is 6.36. The number of benzene rings is 1. The number of hydrazine groups is 1. The van der Waals surface area contributed by atoms with Crippen LogP contribution in [0, 0.1) is 18.3 Å². The van der Waals surface area contributed by atoms with Crippen LogP contribution in [0.5, 0.6) is 0 Å². The number of hydrogen-bond donors (Lipinski definition) is 1. The Balaban J connectivity index is 1.36. The highest BCUT2D eigenvalue weighted by Gasteiger charge is 2.25. The maximum Gasteiger partial charge on any atom is 0.245 e. The molecule has 2 N–H and O–H groups in total. The Morgan fingerprint density at radius 2 is 2.00 bits per heavy atom. The second kappa shape index (κ2) is 9.74. The Morgan fingerprint density at radius 1 is 1.23 bits per heavy atom. The van der Waals surface area contributed by atoms with Crippen molar-refractivity contribution in [2.75, 3.05) is 42.8 Å². The largest absolute Gasteiger partial charge is 0.459 e. The number of carbonyl (C=O) groups is 1. The SMILES string of the molecule is Cc1cnc(N(N)c2ccc(N3CCOCC3)cc2)nc1-c1cc2c(o1)CCN(C(=O)CC#N)C2. The molecule has 0 unspecified atom stereocenters. The van der Waals surface area contributed by atoms with Crippen LogP contribution in [-0.2, 0) is 22.5 Å². The van der Waals surface area contributed by atoms with Gasteiger partial charge < -0.3 is 19.0 Å². The topological polar surface area (TPSA) is 125 Å². The van der Waals surface area contributed by atoms with Crippen LogP contribution in [0.15, 0.2) is 40.9 Å². The number of fused-ring (bicyclic) bond motifs is 1. The molecule has 10 heteroatoms. The Labute approximate surface area is 203 Å². The lowest BCUT2D eigenvalue weighted by Crippen LogP contribution is -2.36. The normalized spacial score (nSPS) is 15.5. The summed E-state index contributed by atoms with van der Waals surface area (Å²) >= 11 is 0. The highest BCUT2D eigenvalue weighted by molar-refractivity contribution is 5.78. The Kier molecular flexibility index (Phi) is 6.35. The molecule has 0 bridgehead atoms. The Bertz CT molecular complexity index is 1260. The predicted octanol–water partition coefficient (Wildman–Crippen LogP) is 2.69. The lowest BCUT2D eigenvalue weighted by Gasteiger charge is -2.29. The van der Waals surface area contributed by atoms with Gasteiger partial charge in [-0.05, 0) is 42.8 Å². The van der Waals surface area contributed by atoms with Crippen molar-refractivity contribution >= 4 is 23.2 Å². The number of rotatable bonds is 5. The molecule has 4 heterocycles. The Morgan fingerprint density at radius 3 is 2.74 bits per heavy atom. The van der Waals surface area contributed by atoms with Crippen molar-refractivity contribution < 1.29 is 13.9 Å². The molecule has 10 nitrogen and oxygen atoms in total. The number of carbonyl (C=O) groups excluding carboxylic acids is 1. The molecule has 1 saturated heterocycles. The summed E-state index contributed by atoms with van der Waals surface area (Å²) in [6.07, 6.45) is 2.21. The van der Waals surface area contributed by atoms with Crippen LogP contribution in [0.25, 0.3) is 11.5 Å². The van der Waals surface area contributed by atoms with Crippen LogP contribution in [0.2, 0.25) is 0 Å². The molecule has 2 aliphatic heterocycles. The fourth-order valence-electron chi connectivity index (χ4n) is 4.40. The number of ether oxygens (including phenoxy) is 1. The standard InChI is InChI=1S/C25H27N7O3/c1-17-15-28-25(32(27)20-4-2-19(3-5-20)30-10-12-34-13-11-30)29-24(17)22-14-18-16-31(23(33)6-8-26)9-7-21(18)35-22/h2-5,14-15H,6-7,9-13,16,27H2,1H3. The van der Waals surface area contributed by atoms with Gasteiger partial charge in [-0.1, -0.05) is 0 Å². The van der Waals surface area contributed by atoms with Gasteiger partial charge in [0, 0.05) is 50.0 Å². The van der Waals surface area contributed by atoms with E-state index >= 15 is 0 Å². The smallest absolute Gasteiger partial charge is 0.245 e. The van der Waals surface area contributed by atoms with E-state index in [2.05, 4.69) is 9.88 Å². The molecule has 2 aliphatic rings. The molecule has 0 saturated carbocycles. The number of nitriles is 1. The predicted molar refractivity (Wildman–Crippen MR) is 130 cm³/mol. The molecule has 180 valence electrons. The van der Waals surface area contributed by atoms with Crippen LogP contribution in [0.4, 0.5) is 17.3 Å². The van der Waals surface area contributed by atoms with Gasteiger partial charge in [-0.15, -0.1) is 0 Å². The zero-order chi connectivity index (χ0) is 24.4. The van der Waals surface area contributed by atoms with E-state index in [9.17, 15) is 4.79 Å². The quantitative estimate of drug-likeness (QED) is 0.440. The zero-order valence-corrected chi connectivity index (χ0v) is 19.6. The third kappa shape index (κ3) is 4.69. The van der Waals surface area contributed by atoms with Gasteiger partial charge in [0.25, 0.3) is 0 Å². The summed E-state index contributed by atoms with van der Waals surface area (Å²) in [5, 5.41) is 10.3. The molecule has 2 aromatic heterocycles. The summed E-state index contributed by atoms with van der Waals surface area (Å²) in [6, 6.07) is 11.8. The number of aromatic nitrogens is 2. The maximum atomic E-state index is 12.1. The van der Waals surface area contributed by atoms with Crippen LogP contribution in [0.3, 0.4) is 0 Å². The summed E-state index contributed by atoms with van der Waals surface area (Å²) in [5.74, 6) is 8.03. The highest BCUT2D eigenvalue weighted by Crippen LogP contribution is 2.32. The van der Waals surface area contributed by atoms with E-state index in [1.807, 2.05) is 43.3 Å². The van der Waals surface area contributed by atoms with E-state index in [1.54, 1.807) is 11.1 Å². The second-order valence-corrected chi connectivity index (χ2v) is 8.65. The van der Waals surface area contributed by atoms with Gasteiger partial charge in [0.05, 0.1) is 25.0 Å². The Hall–Kier alpha value is -3.94. The molecule has 1 amide bonds. The molecule has 1 aromatic carbocycles. The third-order valence-corrected chi connectivity index (χ3v) is 6.36. The van der Waals surface area contributed by atoms with Gasteiger partial charge in [0.15, 0.2) is 5.76 Å². The summed E-state index contributed by atoms with van der Waals surface area (Å²) in [5.41, 5.74) is 4.33. The van der Waals surface area contributed by atoms with Crippen LogP contribution in [0.1, 0.15) is 23.3 Å². The molecule has 0 atom stereocenters. The van der Waals surface area contributed by atoms with Crippen molar-refractivity contribution in [3.63, 3.8) is 0 Å². The molecular weight excluding hydrogens is 446 g/mol. The van der Waals surface area contributed by atoms with Crippen molar-refractivity contribution in [1.29, 1.82) is 5.26 Å². The van der Waals surface area contributed by atoms with E-state index in [0.29, 0.717) is 36.9 Å². The van der Waals surface area contributed by atoms with Crippen molar-refractivity contribution in [3.05, 3.63) is 53.4 Å². The molecule has 35 heavy (non-hydrogen) atoms. The van der Waals surface area contributed by atoms with Gasteiger partial charge in [-0.2, -0.15) is 5.26 Å². The fourth-order valence-corrected chi connectivity index (χ4v) is 4.40. The number of hydrogen-bond acceptors (Lipinski definition) is 9. The first-order valence-corrected chi connectivity index (χ1v) is 11.6. The van der Waals surface area contributed by atoms with Crippen molar-refractivity contribution in [2.24, 2.45) is 5.84 Å². The van der Waals surface area contributed by atoms with Gasteiger partial charge in [0.1, 0.15) is 17.9 Å².